The summed E-state index contributed by atoms with van der Waals surface area (Å²) in [7, 11) is 0. The second kappa shape index (κ2) is 4.76. The van der Waals surface area contributed by atoms with Crippen molar-refractivity contribution in [3.05, 3.63) is 0 Å². The van der Waals surface area contributed by atoms with E-state index in [2.05, 4.69) is 4.74 Å². The van der Waals surface area contributed by atoms with E-state index in [1.54, 1.807) is 0 Å². The Balaban J connectivity index is 2.38. The van der Waals surface area contributed by atoms with E-state index in [9.17, 15) is 18.4 Å². The van der Waals surface area contributed by atoms with Crippen LogP contribution in [-0.4, -0.2) is 29.6 Å². The molecule has 0 spiro atoms. The standard InChI is InChI=1S/C10H14F2O4/c1-2-16-9(15)10(11,12)5-6-3-7(4-6)8(13)14/h6-7H,2-5H2,1H3,(H,13,14). The quantitative estimate of drug-likeness (QED) is 0.738. The second-order valence-corrected chi connectivity index (χ2v) is 4.00. The number of rotatable bonds is 5. The molecule has 0 aromatic rings. The molecule has 0 radical (unpaired) electrons. The highest BCUT2D eigenvalue weighted by molar-refractivity contribution is 5.77. The van der Waals surface area contributed by atoms with Crippen molar-refractivity contribution in [3.63, 3.8) is 0 Å². The average Bonchev–Trinajstić information content (AvgIpc) is 2.10. The van der Waals surface area contributed by atoms with Crippen LogP contribution in [0.15, 0.2) is 0 Å². The molecule has 1 fully saturated rings. The Hall–Kier alpha value is -1.20. The predicted molar refractivity (Wildman–Crippen MR) is 50.0 cm³/mol. The number of hydrogen-bond donors (Lipinski definition) is 1. The van der Waals surface area contributed by atoms with Crippen molar-refractivity contribution in [1.29, 1.82) is 0 Å². The van der Waals surface area contributed by atoms with Crippen molar-refractivity contribution >= 4 is 11.9 Å². The van der Waals surface area contributed by atoms with Crippen molar-refractivity contribution in [1.82, 2.24) is 0 Å². The normalized spacial score (nSPS) is 24.7. The Kier molecular flexibility index (Phi) is 3.83. The lowest BCUT2D eigenvalue weighted by Gasteiger charge is -2.33. The number of halogens is 2. The van der Waals surface area contributed by atoms with Gasteiger partial charge in [0.15, 0.2) is 0 Å². The number of carbonyl (C=O) groups is 2. The first kappa shape index (κ1) is 12.9. The molecule has 0 aromatic heterocycles. The lowest BCUT2D eigenvalue weighted by Crippen LogP contribution is -2.39. The molecule has 1 N–H and O–H groups in total. The van der Waals surface area contributed by atoms with E-state index in [4.69, 9.17) is 5.11 Å². The lowest BCUT2D eigenvalue weighted by atomic mass is 9.72. The van der Waals surface area contributed by atoms with Crippen molar-refractivity contribution in [2.75, 3.05) is 6.61 Å². The molecule has 0 unspecified atom stereocenters. The summed E-state index contributed by atoms with van der Waals surface area (Å²) in [6, 6.07) is 0. The van der Waals surface area contributed by atoms with E-state index in [1.807, 2.05) is 0 Å². The summed E-state index contributed by atoms with van der Waals surface area (Å²) in [5.41, 5.74) is 0. The number of carboxylic acids is 1. The van der Waals surface area contributed by atoms with E-state index < -0.39 is 36.1 Å². The minimum atomic E-state index is -3.50. The SMILES string of the molecule is CCOC(=O)C(F)(F)CC1CC(C(=O)O)C1. The zero-order valence-corrected chi connectivity index (χ0v) is 8.91. The monoisotopic (exact) mass is 236 g/mol. The summed E-state index contributed by atoms with van der Waals surface area (Å²) in [6.07, 6.45) is -0.190. The van der Waals surface area contributed by atoms with Crippen molar-refractivity contribution in [2.45, 2.75) is 32.1 Å². The van der Waals surface area contributed by atoms with Crippen LogP contribution in [-0.2, 0) is 14.3 Å². The van der Waals surface area contributed by atoms with Crippen LogP contribution in [0.5, 0.6) is 0 Å². The van der Waals surface area contributed by atoms with Crippen LogP contribution in [0.3, 0.4) is 0 Å². The molecule has 1 rings (SSSR count). The molecule has 1 saturated carbocycles. The van der Waals surface area contributed by atoms with Gasteiger partial charge in [0.1, 0.15) is 0 Å². The Bertz CT molecular complexity index is 285. The Morgan fingerprint density at radius 2 is 2.00 bits per heavy atom. The summed E-state index contributed by atoms with van der Waals surface area (Å²) in [6.45, 7) is 1.37. The third kappa shape index (κ3) is 2.90. The molecule has 1 aliphatic carbocycles. The van der Waals surface area contributed by atoms with Crippen LogP contribution in [0.1, 0.15) is 26.2 Å². The predicted octanol–water partition coefficient (Wildman–Crippen LogP) is 1.69. The number of carboxylic acid groups (broad SMARTS) is 1. The molecular formula is C10H14F2O4. The Morgan fingerprint density at radius 3 is 2.44 bits per heavy atom. The Morgan fingerprint density at radius 1 is 1.44 bits per heavy atom. The molecule has 6 heteroatoms. The maximum atomic E-state index is 13.2. The van der Waals surface area contributed by atoms with Gasteiger partial charge in [-0.1, -0.05) is 0 Å². The first-order valence-electron chi connectivity index (χ1n) is 5.14. The lowest BCUT2D eigenvalue weighted by molar-refractivity contribution is -0.176. The van der Waals surface area contributed by atoms with Gasteiger partial charge in [0, 0.05) is 6.42 Å². The van der Waals surface area contributed by atoms with Crippen molar-refractivity contribution in [2.24, 2.45) is 11.8 Å². The van der Waals surface area contributed by atoms with Crippen LogP contribution in [0, 0.1) is 11.8 Å². The fraction of sp³-hybridized carbons (Fsp3) is 0.800. The van der Waals surface area contributed by atoms with Gasteiger partial charge in [-0.15, -0.1) is 0 Å². The van der Waals surface area contributed by atoms with Crippen LogP contribution < -0.4 is 0 Å². The molecule has 16 heavy (non-hydrogen) atoms. The van der Waals surface area contributed by atoms with E-state index in [1.165, 1.54) is 6.92 Å². The topological polar surface area (TPSA) is 63.6 Å². The minimum absolute atomic E-state index is 0.0865. The highest BCUT2D eigenvalue weighted by Gasteiger charge is 2.46. The van der Waals surface area contributed by atoms with E-state index >= 15 is 0 Å². The average molecular weight is 236 g/mol. The molecule has 1 aliphatic rings. The van der Waals surface area contributed by atoms with Gasteiger partial charge in [-0.2, -0.15) is 8.78 Å². The van der Waals surface area contributed by atoms with Gasteiger partial charge in [-0.3, -0.25) is 4.79 Å². The number of ether oxygens (including phenoxy) is 1. The second-order valence-electron chi connectivity index (χ2n) is 4.00. The number of hydrogen-bond acceptors (Lipinski definition) is 3. The van der Waals surface area contributed by atoms with Gasteiger partial charge >= 0.3 is 17.9 Å². The zero-order chi connectivity index (χ0) is 12.3. The van der Waals surface area contributed by atoms with Crippen LogP contribution in [0.4, 0.5) is 8.78 Å². The first-order chi connectivity index (χ1) is 7.36. The largest absolute Gasteiger partial charge is 0.481 e. The van der Waals surface area contributed by atoms with Crippen molar-refractivity contribution < 1.29 is 28.2 Å². The fourth-order valence-corrected chi connectivity index (χ4v) is 1.79. The minimum Gasteiger partial charge on any atom is -0.481 e. The van der Waals surface area contributed by atoms with Crippen LogP contribution in [0.2, 0.25) is 0 Å². The third-order valence-corrected chi connectivity index (χ3v) is 2.70. The smallest absolute Gasteiger partial charge is 0.376 e. The molecular weight excluding hydrogens is 222 g/mol. The van der Waals surface area contributed by atoms with E-state index in [0.29, 0.717) is 0 Å². The highest BCUT2D eigenvalue weighted by Crippen LogP contribution is 2.40. The van der Waals surface area contributed by atoms with E-state index in [-0.39, 0.29) is 19.4 Å². The van der Waals surface area contributed by atoms with Gasteiger partial charge in [-0.05, 0) is 25.7 Å². The number of alkyl halides is 2. The number of esters is 1. The van der Waals surface area contributed by atoms with Crippen molar-refractivity contribution in [3.8, 4) is 0 Å². The molecule has 0 heterocycles. The molecule has 4 nitrogen and oxygen atoms in total. The molecule has 0 amide bonds. The maximum absolute atomic E-state index is 13.2. The summed E-state index contributed by atoms with van der Waals surface area (Å²) in [5.74, 6) is -6.92. The summed E-state index contributed by atoms with van der Waals surface area (Å²) >= 11 is 0. The number of aliphatic carboxylic acids is 1. The first-order valence-corrected chi connectivity index (χ1v) is 5.14. The van der Waals surface area contributed by atoms with Crippen LogP contribution >= 0.6 is 0 Å². The van der Waals surface area contributed by atoms with Gasteiger partial charge in [-0.25, -0.2) is 4.79 Å². The third-order valence-electron chi connectivity index (χ3n) is 2.70. The molecule has 0 bridgehead atoms. The van der Waals surface area contributed by atoms with Gasteiger partial charge in [0.2, 0.25) is 0 Å². The molecule has 0 aliphatic heterocycles. The van der Waals surface area contributed by atoms with E-state index in [0.717, 1.165) is 0 Å². The van der Waals surface area contributed by atoms with Crippen LogP contribution in [0.25, 0.3) is 0 Å². The summed E-state index contributed by atoms with van der Waals surface area (Å²) in [5, 5.41) is 8.56. The number of carbonyl (C=O) groups excluding carboxylic acids is 1. The zero-order valence-electron chi connectivity index (χ0n) is 8.91. The van der Waals surface area contributed by atoms with Gasteiger partial charge < -0.3 is 9.84 Å². The Labute approximate surface area is 91.6 Å². The summed E-state index contributed by atoms with van der Waals surface area (Å²) < 4.78 is 30.6. The summed E-state index contributed by atoms with van der Waals surface area (Å²) in [4.78, 5) is 21.3. The fourth-order valence-electron chi connectivity index (χ4n) is 1.79. The van der Waals surface area contributed by atoms with Gasteiger partial charge in [0.05, 0.1) is 12.5 Å². The molecule has 0 saturated heterocycles. The van der Waals surface area contributed by atoms with Gasteiger partial charge in [0.25, 0.3) is 0 Å². The molecule has 0 aromatic carbocycles. The molecule has 92 valence electrons. The highest BCUT2D eigenvalue weighted by atomic mass is 19.3. The maximum Gasteiger partial charge on any atom is 0.376 e. The molecule has 0 atom stereocenters.